The Morgan fingerprint density at radius 2 is 2.27 bits per heavy atom. The van der Waals surface area contributed by atoms with Gasteiger partial charge >= 0.3 is 12.1 Å². The van der Waals surface area contributed by atoms with Crippen LogP contribution in [0.5, 0.6) is 0 Å². The van der Waals surface area contributed by atoms with E-state index in [4.69, 9.17) is 0 Å². The largest absolute Gasteiger partial charge is 0.466 e. The standard InChI is InChI=1S/C9H10F3NO2/c1-2-15-7(14)5-6-3-4-13-8(6)9(10,11)12/h3H,2,4-5H2,1H3. The molecule has 1 rings (SSSR count). The van der Waals surface area contributed by atoms with Crippen LogP contribution in [0.2, 0.25) is 0 Å². The van der Waals surface area contributed by atoms with Crippen LogP contribution in [0.25, 0.3) is 0 Å². The number of hydrogen-bond acceptors (Lipinski definition) is 3. The van der Waals surface area contributed by atoms with Gasteiger partial charge in [-0.15, -0.1) is 0 Å². The molecule has 0 fully saturated rings. The molecule has 0 aromatic heterocycles. The van der Waals surface area contributed by atoms with Gasteiger partial charge in [0.2, 0.25) is 0 Å². The minimum absolute atomic E-state index is 0.0242. The first-order valence-corrected chi connectivity index (χ1v) is 4.41. The van der Waals surface area contributed by atoms with Gasteiger partial charge in [0.25, 0.3) is 0 Å². The molecular formula is C9H10F3NO2. The molecule has 0 atom stereocenters. The summed E-state index contributed by atoms with van der Waals surface area (Å²) in [6, 6.07) is 0. The zero-order valence-corrected chi connectivity index (χ0v) is 8.10. The highest BCUT2D eigenvalue weighted by Gasteiger charge is 2.39. The van der Waals surface area contributed by atoms with Gasteiger partial charge in [-0.1, -0.05) is 6.08 Å². The number of carbonyl (C=O) groups excluding carboxylic acids is 1. The Hall–Kier alpha value is -1.33. The van der Waals surface area contributed by atoms with Gasteiger partial charge in [0.1, 0.15) is 5.71 Å². The number of aliphatic imine (C=N–C) groups is 1. The lowest BCUT2D eigenvalue weighted by atomic mass is 10.1. The molecule has 84 valence electrons. The van der Waals surface area contributed by atoms with Crippen molar-refractivity contribution in [3.63, 3.8) is 0 Å². The monoisotopic (exact) mass is 221 g/mol. The molecule has 0 bridgehead atoms. The number of carbonyl (C=O) groups is 1. The molecule has 0 aromatic carbocycles. The lowest BCUT2D eigenvalue weighted by Crippen LogP contribution is -2.24. The third kappa shape index (κ3) is 3.07. The Morgan fingerprint density at radius 3 is 2.80 bits per heavy atom. The maximum atomic E-state index is 12.3. The highest BCUT2D eigenvalue weighted by molar-refractivity contribution is 6.08. The van der Waals surface area contributed by atoms with E-state index in [-0.39, 0.29) is 25.1 Å². The fourth-order valence-corrected chi connectivity index (χ4v) is 1.24. The van der Waals surface area contributed by atoms with Gasteiger partial charge in [0.15, 0.2) is 0 Å². The van der Waals surface area contributed by atoms with Crippen molar-refractivity contribution in [3.8, 4) is 0 Å². The van der Waals surface area contributed by atoms with E-state index in [0.717, 1.165) is 0 Å². The predicted octanol–water partition coefficient (Wildman–Crippen LogP) is 1.88. The maximum Gasteiger partial charge on any atom is 0.433 e. The van der Waals surface area contributed by atoms with Crippen LogP contribution in [0.3, 0.4) is 0 Å². The molecule has 6 heteroatoms. The molecule has 0 saturated carbocycles. The number of esters is 1. The van der Waals surface area contributed by atoms with Crippen LogP contribution in [0.1, 0.15) is 13.3 Å². The summed E-state index contributed by atoms with van der Waals surface area (Å²) in [6.07, 6.45) is -3.57. The van der Waals surface area contributed by atoms with Crippen LogP contribution in [0, 0.1) is 0 Å². The summed E-state index contributed by atoms with van der Waals surface area (Å²) < 4.78 is 41.5. The molecule has 1 heterocycles. The molecule has 1 aliphatic rings. The van der Waals surface area contributed by atoms with E-state index < -0.39 is 17.9 Å². The van der Waals surface area contributed by atoms with E-state index in [9.17, 15) is 18.0 Å². The second kappa shape index (κ2) is 4.46. The maximum absolute atomic E-state index is 12.3. The van der Waals surface area contributed by atoms with Gasteiger partial charge in [-0.05, 0) is 12.5 Å². The summed E-state index contributed by atoms with van der Waals surface area (Å²) in [5, 5.41) is 0. The Balaban J connectivity index is 2.65. The molecule has 0 amide bonds. The van der Waals surface area contributed by atoms with Crippen molar-refractivity contribution in [1.29, 1.82) is 0 Å². The molecule has 3 nitrogen and oxygen atoms in total. The van der Waals surface area contributed by atoms with Crippen LogP contribution >= 0.6 is 0 Å². The predicted molar refractivity (Wildman–Crippen MR) is 47.7 cm³/mol. The van der Waals surface area contributed by atoms with Crippen LogP contribution in [-0.4, -0.2) is 31.0 Å². The average molecular weight is 221 g/mol. The Labute approximate surface area is 84.6 Å². The van der Waals surface area contributed by atoms with E-state index in [2.05, 4.69) is 9.73 Å². The molecule has 15 heavy (non-hydrogen) atoms. The minimum atomic E-state index is -4.49. The van der Waals surface area contributed by atoms with Gasteiger partial charge in [0, 0.05) is 0 Å². The lowest BCUT2D eigenvalue weighted by Gasteiger charge is -2.09. The Bertz CT molecular complexity index is 318. The van der Waals surface area contributed by atoms with Gasteiger partial charge in [-0.2, -0.15) is 13.2 Å². The summed E-state index contributed by atoms with van der Waals surface area (Å²) in [5.41, 5.74) is -1.06. The topological polar surface area (TPSA) is 38.7 Å². The zero-order chi connectivity index (χ0) is 11.5. The van der Waals surface area contributed by atoms with E-state index in [1.165, 1.54) is 6.08 Å². The molecule has 0 radical (unpaired) electrons. The molecule has 0 saturated heterocycles. The van der Waals surface area contributed by atoms with E-state index in [1.54, 1.807) is 6.92 Å². The molecule has 0 spiro atoms. The summed E-state index contributed by atoms with van der Waals surface area (Å²) in [7, 11) is 0. The average Bonchev–Trinajstić information content (AvgIpc) is 2.51. The molecular weight excluding hydrogens is 211 g/mol. The first-order valence-electron chi connectivity index (χ1n) is 4.41. The summed E-state index contributed by atoms with van der Waals surface area (Å²) in [4.78, 5) is 14.3. The van der Waals surface area contributed by atoms with Crippen LogP contribution < -0.4 is 0 Å². The lowest BCUT2D eigenvalue weighted by molar-refractivity contribution is -0.142. The van der Waals surface area contributed by atoms with E-state index in [0.29, 0.717) is 0 Å². The van der Waals surface area contributed by atoms with Crippen LogP contribution in [0.15, 0.2) is 16.6 Å². The number of rotatable bonds is 3. The molecule has 0 aromatic rings. The number of alkyl halides is 3. The number of ether oxygens (including phenoxy) is 1. The molecule has 0 aliphatic carbocycles. The SMILES string of the molecule is CCOC(=O)CC1=CCN=C1C(F)(F)F. The highest BCUT2D eigenvalue weighted by Crippen LogP contribution is 2.26. The normalized spacial score (nSPS) is 16.0. The van der Waals surface area contributed by atoms with Gasteiger partial charge in [-0.3, -0.25) is 9.79 Å². The van der Waals surface area contributed by atoms with Gasteiger partial charge in [0.05, 0.1) is 19.6 Å². The van der Waals surface area contributed by atoms with Crippen molar-refractivity contribution in [2.45, 2.75) is 19.5 Å². The van der Waals surface area contributed by atoms with Crippen LogP contribution in [0.4, 0.5) is 13.2 Å². The quantitative estimate of drug-likeness (QED) is 0.682. The fraction of sp³-hybridized carbons (Fsp3) is 0.556. The summed E-state index contributed by atoms with van der Waals surface area (Å²) in [6.45, 7) is 1.73. The minimum Gasteiger partial charge on any atom is -0.466 e. The second-order valence-electron chi connectivity index (χ2n) is 2.90. The van der Waals surface area contributed by atoms with Crippen LogP contribution in [-0.2, 0) is 9.53 Å². The van der Waals surface area contributed by atoms with Gasteiger partial charge < -0.3 is 4.74 Å². The summed E-state index contributed by atoms with van der Waals surface area (Å²) >= 11 is 0. The fourth-order valence-electron chi connectivity index (χ4n) is 1.24. The third-order valence-corrected chi connectivity index (χ3v) is 1.80. The van der Waals surface area contributed by atoms with Gasteiger partial charge in [-0.25, -0.2) is 0 Å². The van der Waals surface area contributed by atoms with Crippen molar-refractivity contribution < 1.29 is 22.7 Å². The second-order valence-corrected chi connectivity index (χ2v) is 2.90. The first-order chi connectivity index (χ1) is 6.95. The number of halogens is 3. The smallest absolute Gasteiger partial charge is 0.433 e. The molecule has 0 unspecified atom stereocenters. The van der Waals surface area contributed by atoms with Crippen molar-refractivity contribution in [2.24, 2.45) is 4.99 Å². The Kier molecular flexibility index (Phi) is 3.49. The molecule has 1 aliphatic heterocycles. The van der Waals surface area contributed by atoms with E-state index >= 15 is 0 Å². The van der Waals surface area contributed by atoms with Crippen molar-refractivity contribution in [1.82, 2.24) is 0 Å². The van der Waals surface area contributed by atoms with E-state index in [1.807, 2.05) is 0 Å². The van der Waals surface area contributed by atoms with Crippen molar-refractivity contribution >= 4 is 11.7 Å². The zero-order valence-electron chi connectivity index (χ0n) is 8.10. The molecule has 0 N–H and O–H groups in total. The first kappa shape index (κ1) is 11.7. The van der Waals surface area contributed by atoms with Crippen molar-refractivity contribution in [2.75, 3.05) is 13.2 Å². The van der Waals surface area contributed by atoms with Crippen molar-refractivity contribution in [3.05, 3.63) is 11.6 Å². The summed E-state index contributed by atoms with van der Waals surface area (Å²) in [5.74, 6) is -0.664. The number of hydrogen-bond donors (Lipinski definition) is 0. The number of nitrogens with zero attached hydrogens (tertiary/aromatic N) is 1. The highest BCUT2D eigenvalue weighted by atomic mass is 19.4. The Morgan fingerprint density at radius 1 is 1.60 bits per heavy atom. The third-order valence-electron chi connectivity index (χ3n) is 1.80.